The van der Waals surface area contributed by atoms with Gasteiger partial charge in [0.05, 0.1) is 17.8 Å². The van der Waals surface area contributed by atoms with Crippen LogP contribution in [0.1, 0.15) is 43.5 Å². The van der Waals surface area contributed by atoms with Gasteiger partial charge >= 0.3 is 0 Å². The maximum atomic E-state index is 12.8. The Labute approximate surface area is 138 Å². The SMILES string of the molecule is Cc1nc(CN2CCN(C(=O)[C@@]3(C)CCCCN3)CC2)oc1C. The molecule has 0 aliphatic carbocycles. The van der Waals surface area contributed by atoms with Gasteiger partial charge in [-0.3, -0.25) is 9.69 Å². The Kier molecular flexibility index (Phi) is 4.73. The molecule has 0 aromatic carbocycles. The average Bonchev–Trinajstić information content (AvgIpc) is 2.86. The van der Waals surface area contributed by atoms with E-state index in [-0.39, 0.29) is 11.4 Å². The molecule has 6 nitrogen and oxygen atoms in total. The van der Waals surface area contributed by atoms with Crippen LogP contribution in [-0.4, -0.2) is 59.0 Å². The molecule has 2 aliphatic heterocycles. The lowest BCUT2D eigenvalue weighted by Crippen LogP contribution is -2.61. The van der Waals surface area contributed by atoms with Gasteiger partial charge in [-0.25, -0.2) is 4.98 Å². The Hall–Kier alpha value is -1.40. The zero-order valence-electron chi connectivity index (χ0n) is 14.5. The number of aromatic nitrogens is 1. The number of oxazole rings is 1. The number of carbonyl (C=O) groups excluding carboxylic acids is 1. The third-order valence-corrected chi connectivity index (χ3v) is 5.18. The fraction of sp³-hybridized carbons (Fsp3) is 0.765. The van der Waals surface area contributed by atoms with E-state index in [0.717, 1.165) is 69.5 Å². The lowest BCUT2D eigenvalue weighted by Gasteiger charge is -2.41. The second kappa shape index (κ2) is 6.61. The number of aryl methyl sites for hydroxylation is 2. The van der Waals surface area contributed by atoms with Crippen LogP contribution in [0, 0.1) is 13.8 Å². The molecule has 2 fully saturated rings. The first-order chi connectivity index (χ1) is 11.0. The minimum absolute atomic E-state index is 0.264. The molecule has 128 valence electrons. The molecule has 23 heavy (non-hydrogen) atoms. The minimum atomic E-state index is -0.364. The number of piperidine rings is 1. The molecule has 6 heteroatoms. The van der Waals surface area contributed by atoms with Crippen molar-refractivity contribution < 1.29 is 9.21 Å². The van der Waals surface area contributed by atoms with Gasteiger partial charge in [0.2, 0.25) is 11.8 Å². The van der Waals surface area contributed by atoms with Crippen molar-refractivity contribution in [2.45, 2.75) is 52.1 Å². The number of piperazine rings is 1. The van der Waals surface area contributed by atoms with Gasteiger partial charge in [-0.05, 0) is 46.6 Å². The van der Waals surface area contributed by atoms with Crippen LogP contribution in [0.25, 0.3) is 0 Å². The number of hydrogen-bond acceptors (Lipinski definition) is 5. The van der Waals surface area contributed by atoms with E-state index in [1.165, 1.54) is 6.42 Å². The molecule has 0 spiro atoms. The molecule has 1 amide bonds. The molecule has 2 aliphatic rings. The number of hydrogen-bond donors (Lipinski definition) is 1. The molecule has 1 aromatic rings. The Morgan fingerprint density at radius 3 is 2.57 bits per heavy atom. The highest BCUT2D eigenvalue weighted by Crippen LogP contribution is 2.22. The smallest absolute Gasteiger partial charge is 0.242 e. The zero-order valence-corrected chi connectivity index (χ0v) is 14.5. The zero-order chi connectivity index (χ0) is 16.4. The molecule has 1 N–H and O–H groups in total. The summed E-state index contributed by atoms with van der Waals surface area (Å²) in [6.07, 6.45) is 3.25. The molecular weight excluding hydrogens is 292 g/mol. The topological polar surface area (TPSA) is 61.6 Å². The standard InChI is InChI=1S/C17H28N4O2/c1-13-14(2)23-15(19-13)12-20-8-10-21(11-9-20)16(22)17(3)6-4-5-7-18-17/h18H,4-12H2,1-3H3/t17-/m1/s1. The van der Waals surface area contributed by atoms with E-state index in [9.17, 15) is 4.79 Å². The number of rotatable bonds is 3. The van der Waals surface area contributed by atoms with E-state index >= 15 is 0 Å². The molecule has 1 atom stereocenters. The van der Waals surface area contributed by atoms with Gasteiger partial charge in [0.25, 0.3) is 0 Å². The van der Waals surface area contributed by atoms with Crippen LogP contribution in [-0.2, 0) is 11.3 Å². The van der Waals surface area contributed by atoms with Crippen molar-refractivity contribution in [3.8, 4) is 0 Å². The van der Waals surface area contributed by atoms with Crippen molar-refractivity contribution in [2.24, 2.45) is 0 Å². The Bertz CT molecular complexity index is 535. The first-order valence-corrected chi connectivity index (χ1v) is 8.67. The van der Waals surface area contributed by atoms with Crippen molar-refractivity contribution in [3.05, 3.63) is 17.3 Å². The molecule has 0 unspecified atom stereocenters. The van der Waals surface area contributed by atoms with Gasteiger partial charge in [-0.2, -0.15) is 0 Å². The largest absolute Gasteiger partial charge is 0.444 e. The number of nitrogens with one attached hydrogen (secondary N) is 1. The molecular formula is C17H28N4O2. The summed E-state index contributed by atoms with van der Waals surface area (Å²) in [6.45, 7) is 11.0. The summed E-state index contributed by atoms with van der Waals surface area (Å²) in [5.74, 6) is 1.94. The molecule has 2 saturated heterocycles. The van der Waals surface area contributed by atoms with E-state index in [0.29, 0.717) is 0 Å². The predicted octanol–water partition coefficient (Wildman–Crippen LogP) is 1.47. The summed E-state index contributed by atoms with van der Waals surface area (Å²) in [6, 6.07) is 0. The van der Waals surface area contributed by atoms with Crippen molar-refractivity contribution >= 4 is 5.91 Å². The summed E-state index contributed by atoms with van der Waals surface area (Å²) >= 11 is 0. The highest BCUT2D eigenvalue weighted by molar-refractivity contribution is 5.86. The van der Waals surface area contributed by atoms with E-state index in [1.54, 1.807) is 0 Å². The van der Waals surface area contributed by atoms with E-state index < -0.39 is 0 Å². The molecule has 3 rings (SSSR count). The fourth-order valence-corrected chi connectivity index (χ4v) is 3.49. The van der Waals surface area contributed by atoms with Crippen LogP contribution in [0.5, 0.6) is 0 Å². The third-order valence-electron chi connectivity index (χ3n) is 5.18. The highest BCUT2D eigenvalue weighted by atomic mass is 16.4. The van der Waals surface area contributed by atoms with Gasteiger partial charge < -0.3 is 14.6 Å². The summed E-state index contributed by atoms with van der Waals surface area (Å²) in [5.41, 5.74) is 0.599. The highest BCUT2D eigenvalue weighted by Gasteiger charge is 2.38. The molecule has 3 heterocycles. The number of carbonyl (C=O) groups is 1. The maximum absolute atomic E-state index is 12.8. The number of nitrogens with zero attached hydrogens (tertiary/aromatic N) is 3. The van der Waals surface area contributed by atoms with Gasteiger partial charge in [-0.15, -0.1) is 0 Å². The van der Waals surface area contributed by atoms with Crippen LogP contribution in [0.2, 0.25) is 0 Å². The molecule has 0 radical (unpaired) electrons. The normalized spacial score (nSPS) is 26.5. The molecule has 0 bridgehead atoms. The average molecular weight is 320 g/mol. The van der Waals surface area contributed by atoms with Gasteiger partial charge in [0, 0.05) is 26.2 Å². The lowest BCUT2D eigenvalue weighted by atomic mass is 9.89. The van der Waals surface area contributed by atoms with E-state index in [2.05, 4.69) is 22.1 Å². The van der Waals surface area contributed by atoms with E-state index in [4.69, 9.17) is 4.42 Å². The van der Waals surface area contributed by atoms with Gasteiger partial charge in [0.1, 0.15) is 5.76 Å². The first-order valence-electron chi connectivity index (χ1n) is 8.67. The van der Waals surface area contributed by atoms with Crippen molar-refractivity contribution in [3.63, 3.8) is 0 Å². The summed E-state index contributed by atoms with van der Waals surface area (Å²) in [5, 5.41) is 3.42. The van der Waals surface area contributed by atoms with Gasteiger partial charge in [0.15, 0.2) is 0 Å². The monoisotopic (exact) mass is 320 g/mol. The first kappa shape index (κ1) is 16.5. The summed E-state index contributed by atoms with van der Waals surface area (Å²) in [7, 11) is 0. The Morgan fingerprint density at radius 1 is 1.26 bits per heavy atom. The summed E-state index contributed by atoms with van der Waals surface area (Å²) in [4.78, 5) is 21.6. The minimum Gasteiger partial charge on any atom is -0.444 e. The number of amides is 1. The fourth-order valence-electron chi connectivity index (χ4n) is 3.49. The summed E-state index contributed by atoms with van der Waals surface area (Å²) < 4.78 is 5.66. The van der Waals surface area contributed by atoms with Crippen LogP contribution in [0.4, 0.5) is 0 Å². The van der Waals surface area contributed by atoms with Crippen LogP contribution in [0.3, 0.4) is 0 Å². The second-order valence-electron chi connectivity index (χ2n) is 7.03. The molecule has 0 saturated carbocycles. The predicted molar refractivity (Wildman–Crippen MR) is 88.1 cm³/mol. The second-order valence-corrected chi connectivity index (χ2v) is 7.03. The van der Waals surface area contributed by atoms with Gasteiger partial charge in [-0.1, -0.05) is 0 Å². The van der Waals surface area contributed by atoms with Crippen molar-refractivity contribution in [1.29, 1.82) is 0 Å². The maximum Gasteiger partial charge on any atom is 0.242 e. The lowest BCUT2D eigenvalue weighted by molar-refractivity contribution is -0.140. The molecule has 1 aromatic heterocycles. The van der Waals surface area contributed by atoms with Crippen LogP contribution < -0.4 is 5.32 Å². The van der Waals surface area contributed by atoms with Crippen LogP contribution >= 0.6 is 0 Å². The van der Waals surface area contributed by atoms with Crippen LogP contribution in [0.15, 0.2) is 4.42 Å². The quantitative estimate of drug-likeness (QED) is 0.914. The van der Waals surface area contributed by atoms with E-state index in [1.807, 2.05) is 18.7 Å². The van der Waals surface area contributed by atoms with Crippen molar-refractivity contribution in [2.75, 3.05) is 32.7 Å². The Morgan fingerprint density at radius 2 is 2.00 bits per heavy atom. The van der Waals surface area contributed by atoms with Crippen molar-refractivity contribution in [1.82, 2.24) is 20.1 Å². The third kappa shape index (κ3) is 3.58. The Balaban J connectivity index is 1.52.